The molecule has 1 aromatic carbocycles. The Morgan fingerprint density at radius 3 is 2.95 bits per heavy atom. The van der Waals surface area contributed by atoms with Crippen LogP contribution < -0.4 is 10.1 Å². The lowest BCUT2D eigenvalue weighted by atomic mass is 10.0. The van der Waals surface area contributed by atoms with Crippen molar-refractivity contribution in [2.75, 3.05) is 27.2 Å². The zero-order chi connectivity index (χ0) is 14.4. The molecule has 1 heterocycles. The number of rotatable bonds is 5. The van der Waals surface area contributed by atoms with Gasteiger partial charge in [-0.3, -0.25) is 4.90 Å². The highest BCUT2D eigenvalue weighted by Gasteiger charge is 2.21. The Balaban J connectivity index is 2.06. The van der Waals surface area contributed by atoms with Crippen LogP contribution in [0.4, 0.5) is 0 Å². The fraction of sp³-hybridized carbons (Fsp3) is 0.647. The molecule has 3 heteroatoms. The second-order valence-electron chi connectivity index (χ2n) is 5.81. The molecule has 1 aliphatic heterocycles. The average molecular weight is 276 g/mol. The van der Waals surface area contributed by atoms with E-state index in [0.29, 0.717) is 12.1 Å². The third-order valence-electron chi connectivity index (χ3n) is 4.45. The van der Waals surface area contributed by atoms with Gasteiger partial charge in [0.15, 0.2) is 0 Å². The van der Waals surface area contributed by atoms with E-state index in [0.717, 1.165) is 12.3 Å². The number of hydrogen-bond acceptors (Lipinski definition) is 3. The number of nitrogens with zero attached hydrogens (tertiary/aromatic N) is 1. The number of hydrogen-bond donors (Lipinski definition) is 1. The quantitative estimate of drug-likeness (QED) is 0.893. The van der Waals surface area contributed by atoms with Crippen LogP contribution in [0.5, 0.6) is 5.75 Å². The van der Waals surface area contributed by atoms with Gasteiger partial charge in [0.2, 0.25) is 0 Å². The van der Waals surface area contributed by atoms with Crippen LogP contribution in [-0.4, -0.2) is 38.2 Å². The van der Waals surface area contributed by atoms with Crippen LogP contribution in [0.15, 0.2) is 24.3 Å². The minimum Gasteiger partial charge on any atom is -0.497 e. The second-order valence-corrected chi connectivity index (χ2v) is 5.81. The molecule has 0 saturated carbocycles. The van der Waals surface area contributed by atoms with E-state index in [9.17, 15) is 0 Å². The standard InChI is InChI=1S/C17H28N2O/c1-14-8-5-4-6-11-19(14)13-17(18-2)15-9-7-10-16(12-15)20-3/h7,9-10,12,14,17-18H,4-6,8,11,13H2,1-3H3. The average Bonchev–Trinajstić information content (AvgIpc) is 2.69. The fourth-order valence-electron chi connectivity index (χ4n) is 3.06. The van der Waals surface area contributed by atoms with Gasteiger partial charge in [0.25, 0.3) is 0 Å². The molecule has 0 spiro atoms. The lowest BCUT2D eigenvalue weighted by Gasteiger charge is -2.31. The monoisotopic (exact) mass is 276 g/mol. The van der Waals surface area contributed by atoms with Crippen molar-refractivity contribution < 1.29 is 4.74 Å². The number of methoxy groups -OCH3 is 1. The van der Waals surface area contributed by atoms with Gasteiger partial charge in [0, 0.05) is 18.6 Å². The highest BCUT2D eigenvalue weighted by molar-refractivity contribution is 5.30. The molecule has 0 bridgehead atoms. The summed E-state index contributed by atoms with van der Waals surface area (Å²) in [7, 11) is 3.77. The molecule has 3 nitrogen and oxygen atoms in total. The van der Waals surface area contributed by atoms with Gasteiger partial charge in [-0.25, -0.2) is 0 Å². The van der Waals surface area contributed by atoms with Crippen molar-refractivity contribution in [1.82, 2.24) is 10.2 Å². The number of benzene rings is 1. The number of nitrogens with one attached hydrogen (secondary N) is 1. The van der Waals surface area contributed by atoms with E-state index in [-0.39, 0.29) is 0 Å². The maximum atomic E-state index is 5.34. The van der Waals surface area contributed by atoms with E-state index >= 15 is 0 Å². The van der Waals surface area contributed by atoms with E-state index < -0.39 is 0 Å². The lowest BCUT2D eigenvalue weighted by Crippen LogP contribution is -2.39. The highest BCUT2D eigenvalue weighted by atomic mass is 16.5. The molecule has 20 heavy (non-hydrogen) atoms. The van der Waals surface area contributed by atoms with Crippen LogP contribution in [0, 0.1) is 0 Å². The minimum atomic E-state index is 0.366. The normalized spacial score (nSPS) is 22.2. The summed E-state index contributed by atoms with van der Waals surface area (Å²) >= 11 is 0. The Morgan fingerprint density at radius 2 is 2.20 bits per heavy atom. The Labute approximate surface area is 123 Å². The van der Waals surface area contributed by atoms with E-state index in [4.69, 9.17) is 4.74 Å². The smallest absolute Gasteiger partial charge is 0.119 e. The first-order valence-electron chi connectivity index (χ1n) is 7.80. The van der Waals surface area contributed by atoms with Gasteiger partial charge in [0.1, 0.15) is 5.75 Å². The Kier molecular flexibility index (Phi) is 5.86. The first kappa shape index (κ1) is 15.3. The lowest BCUT2D eigenvalue weighted by molar-refractivity contribution is 0.193. The molecule has 0 amide bonds. The van der Waals surface area contributed by atoms with Crippen LogP contribution in [0.3, 0.4) is 0 Å². The van der Waals surface area contributed by atoms with Gasteiger partial charge >= 0.3 is 0 Å². The molecule has 1 aliphatic rings. The van der Waals surface area contributed by atoms with Crippen molar-refractivity contribution in [3.05, 3.63) is 29.8 Å². The third kappa shape index (κ3) is 3.97. The zero-order valence-corrected chi connectivity index (χ0v) is 13.1. The van der Waals surface area contributed by atoms with Crippen LogP contribution in [0.25, 0.3) is 0 Å². The maximum absolute atomic E-state index is 5.34. The molecule has 0 aromatic heterocycles. The van der Waals surface area contributed by atoms with Gasteiger partial charge in [-0.05, 0) is 51.1 Å². The van der Waals surface area contributed by atoms with Crippen molar-refractivity contribution in [2.24, 2.45) is 0 Å². The molecule has 1 N–H and O–H groups in total. The molecule has 2 atom stereocenters. The maximum Gasteiger partial charge on any atom is 0.119 e. The van der Waals surface area contributed by atoms with Crippen molar-refractivity contribution in [3.8, 4) is 5.75 Å². The molecule has 1 saturated heterocycles. The number of likely N-dealkylation sites (N-methyl/N-ethyl adjacent to an activating group) is 1. The van der Waals surface area contributed by atoms with E-state index in [1.54, 1.807) is 7.11 Å². The topological polar surface area (TPSA) is 24.5 Å². The fourth-order valence-corrected chi connectivity index (χ4v) is 3.06. The van der Waals surface area contributed by atoms with E-state index in [2.05, 4.69) is 35.3 Å². The van der Waals surface area contributed by atoms with Crippen LogP contribution in [0.1, 0.15) is 44.2 Å². The Bertz CT molecular complexity index is 408. The van der Waals surface area contributed by atoms with Crippen molar-refractivity contribution in [3.63, 3.8) is 0 Å². The molecular formula is C17H28N2O. The summed E-state index contributed by atoms with van der Waals surface area (Å²) in [6.45, 7) is 4.66. The molecule has 0 aliphatic carbocycles. The van der Waals surface area contributed by atoms with Gasteiger partial charge in [-0.1, -0.05) is 25.0 Å². The summed E-state index contributed by atoms with van der Waals surface area (Å²) in [5.74, 6) is 0.937. The molecule has 2 unspecified atom stereocenters. The second kappa shape index (κ2) is 7.65. The summed E-state index contributed by atoms with van der Waals surface area (Å²) in [5, 5.41) is 3.46. The van der Waals surface area contributed by atoms with Crippen molar-refractivity contribution in [1.29, 1.82) is 0 Å². The highest BCUT2D eigenvalue weighted by Crippen LogP contribution is 2.23. The predicted octanol–water partition coefficient (Wildman–Crippen LogP) is 3.22. The molecule has 2 rings (SSSR count). The summed E-state index contributed by atoms with van der Waals surface area (Å²) in [6, 6.07) is 9.47. The summed E-state index contributed by atoms with van der Waals surface area (Å²) in [5.41, 5.74) is 1.31. The molecule has 0 radical (unpaired) electrons. The molecular weight excluding hydrogens is 248 g/mol. The van der Waals surface area contributed by atoms with E-state index in [1.807, 2.05) is 13.1 Å². The summed E-state index contributed by atoms with van der Waals surface area (Å²) in [6.07, 6.45) is 5.42. The van der Waals surface area contributed by atoms with Gasteiger partial charge in [-0.15, -0.1) is 0 Å². The molecule has 1 fully saturated rings. The first-order chi connectivity index (χ1) is 9.74. The van der Waals surface area contributed by atoms with E-state index in [1.165, 1.54) is 37.8 Å². The van der Waals surface area contributed by atoms with Crippen LogP contribution in [-0.2, 0) is 0 Å². The SMILES string of the molecule is CNC(CN1CCCCCC1C)c1cccc(OC)c1. The first-order valence-corrected chi connectivity index (χ1v) is 7.80. The number of ether oxygens (including phenoxy) is 1. The van der Waals surface area contributed by atoms with Crippen LogP contribution >= 0.6 is 0 Å². The summed E-state index contributed by atoms with van der Waals surface area (Å²) < 4.78 is 5.34. The summed E-state index contributed by atoms with van der Waals surface area (Å²) in [4.78, 5) is 2.63. The van der Waals surface area contributed by atoms with Gasteiger partial charge in [0.05, 0.1) is 7.11 Å². The van der Waals surface area contributed by atoms with Crippen LogP contribution in [0.2, 0.25) is 0 Å². The largest absolute Gasteiger partial charge is 0.497 e. The van der Waals surface area contributed by atoms with Gasteiger partial charge < -0.3 is 10.1 Å². The third-order valence-corrected chi connectivity index (χ3v) is 4.45. The zero-order valence-electron chi connectivity index (χ0n) is 13.1. The Hall–Kier alpha value is -1.06. The van der Waals surface area contributed by atoms with Crippen molar-refractivity contribution >= 4 is 0 Å². The number of likely N-dealkylation sites (tertiary alicyclic amines) is 1. The minimum absolute atomic E-state index is 0.366. The molecule has 112 valence electrons. The molecule has 1 aromatic rings. The predicted molar refractivity (Wildman–Crippen MR) is 84.3 cm³/mol. The van der Waals surface area contributed by atoms with Gasteiger partial charge in [-0.2, -0.15) is 0 Å². The van der Waals surface area contributed by atoms with Crippen molar-refractivity contribution in [2.45, 2.75) is 44.7 Å². The Morgan fingerprint density at radius 1 is 1.35 bits per heavy atom.